The summed E-state index contributed by atoms with van der Waals surface area (Å²) in [5.41, 5.74) is 1.12. The van der Waals surface area contributed by atoms with Crippen molar-refractivity contribution >= 4 is 68.3 Å². The van der Waals surface area contributed by atoms with E-state index in [1.165, 1.54) is 22.4 Å². The van der Waals surface area contributed by atoms with E-state index >= 15 is 0 Å². The Bertz CT molecular complexity index is 1000. The van der Waals surface area contributed by atoms with Crippen molar-refractivity contribution in [1.82, 2.24) is 10.3 Å². The number of nitrogens with zero attached hydrogens (tertiary/aromatic N) is 3. The van der Waals surface area contributed by atoms with Gasteiger partial charge in [-0.3, -0.25) is 9.69 Å². The molecule has 0 aliphatic carbocycles. The molecule has 0 bridgehead atoms. The van der Waals surface area contributed by atoms with Crippen LogP contribution in [0.4, 0.5) is 21.0 Å². The molecule has 9 nitrogen and oxygen atoms in total. The van der Waals surface area contributed by atoms with Crippen LogP contribution in [0, 0.1) is 0 Å². The van der Waals surface area contributed by atoms with Crippen LogP contribution >= 0.6 is 38.9 Å². The van der Waals surface area contributed by atoms with Crippen LogP contribution in [0.15, 0.2) is 28.3 Å². The highest BCUT2D eigenvalue weighted by Gasteiger charge is 2.33. The fourth-order valence-electron chi connectivity index (χ4n) is 3.28. The van der Waals surface area contributed by atoms with E-state index in [9.17, 15) is 14.4 Å². The zero-order valence-corrected chi connectivity index (χ0v) is 18.6. The van der Waals surface area contributed by atoms with Gasteiger partial charge in [0.15, 0.2) is 3.92 Å². The fourth-order valence-corrected chi connectivity index (χ4v) is 4.63. The van der Waals surface area contributed by atoms with Gasteiger partial charge in [0.2, 0.25) is 11.0 Å². The summed E-state index contributed by atoms with van der Waals surface area (Å²) in [7, 11) is 0. The molecule has 1 aromatic carbocycles. The van der Waals surface area contributed by atoms with E-state index in [-0.39, 0.29) is 18.9 Å². The smallest absolute Gasteiger partial charge is 0.414 e. The van der Waals surface area contributed by atoms with Gasteiger partial charge in [0.1, 0.15) is 0 Å². The molecule has 2 aliphatic heterocycles. The van der Waals surface area contributed by atoms with Crippen LogP contribution in [-0.2, 0) is 9.53 Å². The zero-order chi connectivity index (χ0) is 21.3. The molecule has 2 saturated heterocycles. The van der Waals surface area contributed by atoms with E-state index in [0.29, 0.717) is 38.5 Å². The number of amides is 3. The Kier molecular flexibility index (Phi) is 6.11. The molecule has 12 heteroatoms. The zero-order valence-electron chi connectivity index (χ0n) is 15.5. The van der Waals surface area contributed by atoms with Crippen LogP contribution in [0.25, 0.3) is 0 Å². The van der Waals surface area contributed by atoms with Crippen molar-refractivity contribution < 1.29 is 23.9 Å². The van der Waals surface area contributed by atoms with Crippen LogP contribution in [0.1, 0.15) is 12.8 Å². The summed E-state index contributed by atoms with van der Waals surface area (Å²) >= 11 is 10.8. The van der Waals surface area contributed by atoms with Gasteiger partial charge >= 0.3 is 12.2 Å². The molecule has 1 aromatic heterocycles. The van der Waals surface area contributed by atoms with Crippen LogP contribution < -0.4 is 19.9 Å². The molecular weight excluding hydrogens is 500 g/mol. The highest BCUT2D eigenvalue weighted by Crippen LogP contribution is 2.33. The molecule has 0 radical (unpaired) electrons. The first-order valence-electron chi connectivity index (χ1n) is 9.04. The van der Waals surface area contributed by atoms with Gasteiger partial charge in [-0.15, -0.1) is 0 Å². The molecule has 1 unspecified atom stereocenters. The molecule has 2 fully saturated rings. The number of halogens is 2. The maximum Gasteiger partial charge on any atom is 0.414 e. The molecule has 2 aromatic rings. The minimum Gasteiger partial charge on any atom is -0.449 e. The molecule has 0 saturated carbocycles. The van der Waals surface area contributed by atoms with Crippen molar-refractivity contribution in [3.8, 4) is 5.06 Å². The lowest BCUT2D eigenvalue weighted by Crippen LogP contribution is -2.39. The number of ether oxygens (including phenoxy) is 2. The van der Waals surface area contributed by atoms with E-state index in [2.05, 4.69) is 26.2 Å². The average Bonchev–Trinajstić information content (AvgIpc) is 3.27. The Labute approximate surface area is 189 Å². The Morgan fingerprint density at radius 2 is 2.20 bits per heavy atom. The summed E-state index contributed by atoms with van der Waals surface area (Å²) in [6.07, 6.45) is 1.20. The Balaban J connectivity index is 1.40. The number of rotatable bonds is 4. The molecule has 4 rings (SSSR count). The molecule has 3 amide bonds. The van der Waals surface area contributed by atoms with Crippen LogP contribution in [-0.4, -0.2) is 48.8 Å². The Hall–Kier alpha value is -2.37. The number of carbonyl (C=O) groups is 3. The summed E-state index contributed by atoms with van der Waals surface area (Å²) in [6.45, 7) is 1.19. The maximum absolute atomic E-state index is 12.5. The summed E-state index contributed by atoms with van der Waals surface area (Å²) in [5.74, 6) is -0.151. The lowest BCUT2D eigenvalue weighted by Gasteiger charge is -2.27. The minimum absolute atomic E-state index is 0.138. The number of anilines is 2. The van der Waals surface area contributed by atoms with Gasteiger partial charge in [-0.05, 0) is 40.5 Å². The van der Waals surface area contributed by atoms with Crippen LogP contribution in [0.5, 0.6) is 5.06 Å². The van der Waals surface area contributed by atoms with Gasteiger partial charge < -0.3 is 19.7 Å². The first-order chi connectivity index (χ1) is 14.4. The van der Waals surface area contributed by atoms with Gasteiger partial charge in [-0.2, -0.15) is 0 Å². The van der Waals surface area contributed by atoms with Crippen molar-refractivity contribution in [1.29, 1.82) is 0 Å². The van der Waals surface area contributed by atoms with Gasteiger partial charge in [-0.25, -0.2) is 14.6 Å². The van der Waals surface area contributed by atoms with Crippen molar-refractivity contribution in [2.24, 2.45) is 0 Å². The van der Waals surface area contributed by atoms with Crippen molar-refractivity contribution in [2.45, 2.75) is 18.9 Å². The highest BCUT2D eigenvalue weighted by atomic mass is 79.9. The number of thiazole rings is 1. The van der Waals surface area contributed by atoms with Crippen LogP contribution in [0.3, 0.4) is 0 Å². The van der Waals surface area contributed by atoms with E-state index < -0.39 is 18.2 Å². The van der Waals surface area contributed by atoms with Gasteiger partial charge in [0.25, 0.3) is 0 Å². The molecule has 158 valence electrons. The lowest BCUT2D eigenvalue weighted by atomic mass is 10.2. The quantitative estimate of drug-likeness (QED) is 0.665. The Morgan fingerprint density at radius 1 is 1.37 bits per heavy atom. The van der Waals surface area contributed by atoms with Crippen molar-refractivity contribution in [2.75, 3.05) is 29.5 Å². The van der Waals surface area contributed by atoms with E-state index in [1.807, 2.05) is 0 Å². The molecule has 0 spiro atoms. The average molecular weight is 516 g/mol. The fraction of sp³-hybridized carbons (Fsp3) is 0.333. The molecular formula is C18H16BrClN4O5S. The second kappa shape index (κ2) is 8.78. The first kappa shape index (κ1) is 20.9. The molecule has 1 atom stereocenters. The van der Waals surface area contributed by atoms with E-state index in [1.54, 1.807) is 23.1 Å². The standard InChI is InChI=1S/C18H16BrClN4O5S/c19-16-21-8-15(30-16)29-17(26)22-10-6-14(25)24(9-10)11-2-3-13(12(20)7-11)23-4-1-5-28-18(23)27/h2-3,7-8,10H,1,4-6,9H2,(H,22,26). The summed E-state index contributed by atoms with van der Waals surface area (Å²) < 4.78 is 10.8. The third-order valence-corrected chi connectivity index (χ3v) is 6.26. The normalized spacial score (nSPS) is 19.1. The second-order valence-electron chi connectivity index (χ2n) is 6.63. The lowest BCUT2D eigenvalue weighted by molar-refractivity contribution is -0.117. The van der Waals surface area contributed by atoms with Gasteiger partial charge in [0.05, 0.1) is 29.6 Å². The van der Waals surface area contributed by atoms with Gasteiger partial charge in [-0.1, -0.05) is 22.9 Å². The molecule has 3 heterocycles. The van der Waals surface area contributed by atoms with E-state index in [4.69, 9.17) is 21.1 Å². The highest BCUT2D eigenvalue weighted by molar-refractivity contribution is 9.11. The first-order valence-corrected chi connectivity index (χ1v) is 11.0. The maximum atomic E-state index is 12.5. The molecule has 30 heavy (non-hydrogen) atoms. The summed E-state index contributed by atoms with van der Waals surface area (Å²) in [6, 6.07) is 4.63. The number of cyclic esters (lactones) is 1. The summed E-state index contributed by atoms with van der Waals surface area (Å²) in [4.78, 5) is 43.4. The number of nitrogens with one attached hydrogen (secondary N) is 1. The predicted octanol–water partition coefficient (Wildman–Crippen LogP) is 3.80. The van der Waals surface area contributed by atoms with Gasteiger partial charge in [0, 0.05) is 25.2 Å². The van der Waals surface area contributed by atoms with E-state index in [0.717, 1.165) is 6.42 Å². The van der Waals surface area contributed by atoms with Crippen molar-refractivity contribution in [3.05, 3.63) is 33.3 Å². The number of benzene rings is 1. The number of hydrogen-bond donors (Lipinski definition) is 1. The monoisotopic (exact) mass is 514 g/mol. The van der Waals surface area contributed by atoms with Crippen molar-refractivity contribution in [3.63, 3.8) is 0 Å². The third-order valence-electron chi connectivity index (χ3n) is 4.60. The minimum atomic E-state index is -0.650. The number of aromatic nitrogens is 1. The second-order valence-corrected chi connectivity index (χ2v) is 9.30. The SMILES string of the molecule is O=C(NC1CC(=O)N(c2ccc(N3CCCOC3=O)c(Cl)c2)C1)Oc1cnc(Br)s1. The Morgan fingerprint density at radius 3 is 2.90 bits per heavy atom. The predicted molar refractivity (Wildman–Crippen MR) is 114 cm³/mol. The largest absolute Gasteiger partial charge is 0.449 e. The van der Waals surface area contributed by atoms with Crippen LogP contribution in [0.2, 0.25) is 5.02 Å². The molecule has 1 N–H and O–H groups in total. The number of carbonyl (C=O) groups excluding carboxylic acids is 3. The molecule has 2 aliphatic rings. The summed E-state index contributed by atoms with van der Waals surface area (Å²) in [5, 5.41) is 3.37. The topological polar surface area (TPSA) is 101 Å². The third kappa shape index (κ3) is 4.52. The number of hydrogen-bond acceptors (Lipinski definition) is 7.